The first-order chi connectivity index (χ1) is 11.0. The third-order valence-corrected chi connectivity index (χ3v) is 5.25. The van der Waals surface area contributed by atoms with Crippen LogP contribution in [0.5, 0.6) is 0 Å². The number of aromatic amines is 1. The van der Waals surface area contributed by atoms with Gasteiger partial charge in [0.2, 0.25) is 10.0 Å². The molecule has 0 unspecified atom stereocenters. The Bertz CT molecular complexity index is 790. The molecule has 0 bridgehead atoms. The predicted molar refractivity (Wildman–Crippen MR) is 89.0 cm³/mol. The summed E-state index contributed by atoms with van der Waals surface area (Å²) in [4.78, 5) is 16.0. The molecule has 0 aliphatic heterocycles. The van der Waals surface area contributed by atoms with Crippen molar-refractivity contribution in [2.24, 2.45) is 0 Å². The van der Waals surface area contributed by atoms with E-state index in [0.717, 1.165) is 32.5 Å². The van der Waals surface area contributed by atoms with Gasteiger partial charge in [0, 0.05) is 12.6 Å². The maximum absolute atomic E-state index is 12.2. The lowest BCUT2D eigenvalue weighted by molar-refractivity contribution is 0.297. The number of nitrogens with zero attached hydrogens (tertiary/aromatic N) is 1. The number of hydrogen-bond acceptors (Lipinski definition) is 5. The van der Waals surface area contributed by atoms with Crippen LogP contribution in [0.25, 0.3) is 11.1 Å². The average molecular weight is 341 g/mol. The highest BCUT2D eigenvalue weighted by atomic mass is 32.2. The van der Waals surface area contributed by atoms with Crippen molar-refractivity contribution in [2.45, 2.75) is 31.6 Å². The van der Waals surface area contributed by atoms with Gasteiger partial charge in [-0.25, -0.2) is 17.9 Å². The van der Waals surface area contributed by atoms with Crippen LogP contribution in [0.2, 0.25) is 0 Å². The van der Waals surface area contributed by atoms with E-state index in [1.807, 2.05) is 0 Å². The van der Waals surface area contributed by atoms with E-state index in [0.29, 0.717) is 12.1 Å². The number of nitrogens with one attached hydrogen (secondary N) is 2. The van der Waals surface area contributed by atoms with E-state index in [1.165, 1.54) is 18.2 Å². The van der Waals surface area contributed by atoms with Gasteiger partial charge in [0.05, 0.1) is 10.4 Å². The topological polar surface area (TPSA) is 95.4 Å². The Morgan fingerprint density at radius 3 is 2.65 bits per heavy atom. The Morgan fingerprint density at radius 2 is 1.96 bits per heavy atom. The first-order valence-electron chi connectivity index (χ1n) is 7.81. The van der Waals surface area contributed by atoms with Crippen LogP contribution in [0.4, 0.5) is 0 Å². The van der Waals surface area contributed by atoms with Crippen LogP contribution >= 0.6 is 0 Å². The fourth-order valence-electron chi connectivity index (χ4n) is 2.38. The molecule has 2 N–H and O–H groups in total. The van der Waals surface area contributed by atoms with E-state index in [-0.39, 0.29) is 10.5 Å². The summed E-state index contributed by atoms with van der Waals surface area (Å²) in [5.74, 6) is -0.598. The van der Waals surface area contributed by atoms with Crippen LogP contribution in [-0.4, -0.2) is 44.5 Å². The molecule has 0 fully saturated rings. The Kier molecular flexibility index (Phi) is 5.97. The van der Waals surface area contributed by atoms with E-state index in [2.05, 4.69) is 28.5 Å². The highest BCUT2D eigenvalue weighted by Gasteiger charge is 2.15. The summed E-state index contributed by atoms with van der Waals surface area (Å²) in [5, 5.41) is 0. The van der Waals surface area contributed by atoms with Crippen LogP contribution in [-0.2, 0) is 10.0 Å². The number of oxazole rings is 1. The molecule has 8 heteroatoms. The third kappa shape index (κ3) is 4.66. The number of fused-ring (bicyclic) bond motifs is 1. The van der Waals surface area contributed by atoms with E-state index in [1.54, 1.807) is 0 Å². The standard InChI is InChI=1S/C15H23N3O4S/c1-3-18(4-2)10-6-5-9-16-23(20,21)12-7-8-13-14(11-12)22-15(19)17-13/h7-8,11,16H,3-6,9-10H2,1-2H3,(H,17,19). The van der Waals surface area contributed by atoms with E-state index >= 15 is 0 Å². The molecule has 1 aromatic carbocycles. The van der Waals surface area contributed by atoms with Gasteiger partial charge in [0.25, 0.3) is 0 Å². The summed E-state index contributed by atoms with van der Waals surface area (Å²) in [7, 11) is -3.59. The normalized spacial score (nSPS) is 12.3. The summed E-state index contributed by atoms with van der Waals surface area (Å²) >= 11 is 0. The minimum Gasteiger partial charge on any atom is -0.408 e. The minimum atomic E-state index is -3.59. The summed E-state index contributed by atoms with van der Waals surface area (Å²) in [6.07, 6.45) is 1.72. The van der Waals surface area contributed by atoms with Gasteiger partial charge < -0.3 is 9.32 Å². The number of sulfonamides is 1. The van der Waals surface area contributed by atoms with Gasteiger partial charge in [-0.15, -0.1) is 0 Å². The molecule has 0 amide bonds. The van der Waals surface area contributed by atoms with Crippen molar-refractivity contribution in [1.29, 1.82) is 0 Å². The van der Waals surface area contributed by atoms with Gasteiger partial charge in [-0.2, -0.15) is 0 Å². The van der Waals surface area contributed by atoms with Crippen LogP contribution in [0.1, 0.15) is 26.7 Å². The molecule has 0 spiro atoms. The summed E-state index contributed by atoms with van der Waals surface area (Å²) in [5.41, 5.74) is 0.715. The Morgan fingerprint density at radius 1 is 1.22 bits per heavy atom. The van der Waals surface area contributed by atoms with Gasteiger partial charge in [-0.3, -0.25) is 4.98 Å². The molecule has 7 nitrogen and oxygen atoms in total. The van der Waals surface area contributed by atoms with Gasteiger partial charge in [-0.1, -0.05) is 13.8 Å². The first kappa shape index (κ1) is 17.7. The number of benzene rings is 1. The monoisotopic (exact) mass is 341 g/mol. The molecular formula is C15H23N3O4S. The molecule has 2 aromatic rings. The van der Waals surface area contributed by atoms with Crippen LogP contribution < -0.4 is 10.5 Å². The largest absolute Gasteiger partial charge is 0.417 e. The SMILES string of the molecule is CCN(CC)CCCCNS(=O)(=O)c1ccc2[nH]c(=O)oc2c1. The van der Waals surface area contributed by atoms with Crippen LogP contribution in [0.15, 0.2) is 32.3 Å². The maximum atomic E-state index is 12.2. The van der Waals surface area contributed by atoms with Crippen molar-refractivity contribution in [2.75, 3.05) is 26.2 Å². The van der Waals surface area contributed by atoms with E-state index < -0.39 is 15.8 Å². The van der Waals surface area contributed by atoms with Crippen LogP contribution in [0.3, 0.4) is 0 Å². The van der Waals surface area contributed by atoms with E-state index in [9.17, 15) is 13.2 Å². The first-order valence-corrected chi connectivity index (χ1v) is 9.29. The van der Waals surface area contributed by atoms with Gasteiger partial charge in [-0.05, 0) is 44.6 Å². The minimum absolute atomic E-state index is 0.0940. The number of unbranched alkanes of at least 4 members (excludes halogenated alkanes) is 1. The predicted octanol–water partition coefficient (Wildman–Crippen LogP) is 1.52. The van der Waals surface area contributed by atoms with Crippen molar-refractivity contribution in [1.82, 2.24) is 14.6 Å². The lowest BCUT2D eigenvalue weighted by Crippen LogP contribution is -2.27. The molecule has 0 atom stereocenters. The zero-order valence-electron chi connectivity index (χ0n) is 13.5. The van der Waals surface area contributed by atoms with Gasteiger partial charge in [0.15, 0.2) is 5.58 Å². The zero-order valence-corrected chi connectivity index (χ0v) is 14.3. The molecule has 1 aromatic heterocycles. The molecule has 0 saturated carbocycles. The molecular weight excluding hydrogens is 318 g/mol. The van der Waals surface area contributed by atoms with E-state index in [4.69, 9.17) is 4.42 Å². The van der Waals surface area contributed by atoms with Gasteiger partial charge >= 0.3 is 5.76 Å². The second kappa shape index (κ2) is 7.76. The lowest BCUT2D eigenvalue weighted by atomic mass is 10.3. The molecule has 23 heavy (non-hydrogen) atoms. The summed E-state index contributed by atoms with van der Waals surface area (Å²) < 4.78 is 32.0. The number of rotatable bonds is 9. The quantitative estimate of drug-likeness (QED) is 0.674. The molecule has 2 rings (SSSR count). The highest BCUT2D eigenvalue weighted by molar-refractivity contribution is 7.89. The van der Waals surface area contributed by atoms with Gasteiger partial charge in [0.1, 0.15) is 0 Å². The Balaban J connectivity index is 1.91. The maximum Gasteiger partial charge on any atom is 0.417 e. The molecule has 1 heterocycles. The van der Waals surface area contributed by atoms with Crippen molar-refractivity contribution < 1.29 is 12.8 Å². The molecule has 0 aliphatic rings. The lowest BCUT2D eigenvalue weighted by Gasteiger charge is -2.17. The van der Waals surface area contributed by atoms with Crippen molar-refractivity contribution in [3.05, 3.63) is 28.7 Å². The third-order valence-electron chi connectivity index (χ3n) is 3.79. The smallest absolute Gasteiger partial charge is 0.408 e. The molecule has 0 aliphatic carbocycles. The summed E-state index contributed by atoms with van der Waals surface area (Å²) in [6.45, 7) is 7.59. The molecule has 0 saturated heterocycles. The second-order valence-corrected chi connectivity index (χ2v) is 7.07. The molecule has 128 valence electrons. The number of hydrogen-bond donors (Lipinski definition) is 2. The molecule has 0 radical (unpaired) electrons. The second-order valence-electron chi connectivity index (χ2n) is 5.30. The average Bonchev–Trinajstić information content (AvgIpc) is 2.90. The number of aromatic nitrogens is 1. The Hall–Kier alpha value is -1.64. The highest BCUT2D eigenvalue weighted by Crippen LogP contribution is 2.16. The van der Waals surface area contributed by atoms with Crippen molar-refractivity contribution in [3.8, 4) is 0 Å². The fourth-order valence-corrected chi connectivity index (χ4v) is 3.47. The van der Waals surface area contributed by atoms with Crippen molar-refractivity contribution >= 4 is 21.1 Å². The zero-order chi connectivity index (χ0) is 16.9. The van der Waals surface area contributed by atoms with Crippen molar-refractivity contribution in [3.63, 3.8) is 0 Å². The Labute approximate surface area is 135 Å². The van der Waals surface area contributed by atoms with Crippen LogP contribution in [0, 0.1) is 0 Å². The fraction of sp³-hybridized carbons (Fsp3) is 0.533. The number of H-pyrrole nitrogens is 1. The summed E-state index contributed by atoms with van der Waals surface area (Å²) in [6, 6.07) is 4.33.